The van der Waals surface area contributed by atoms with Crippen molar-refractivity contribution < 1.29 is 9.90 Å². The standard InChI is InChI=1S/C34H26N2O2S/c35-24-28(34(37)38)23-26-11-16-27(17-12-26)33-22-21-32(39-33)20-15-25-13-18-31(19-14-25)36(29-7-3-1-4-8-29)30-9-5-2-6-10-30/h1-14,16-19,21-23H,15,20H2,(H,37,38)/b28-23+. The molecule has 0 amide bonds. The lowest BCUT2D eigenvalue weighted by Gasteiger charge is -2.25. The molecule has 0 aliphatic carbocycles. The molecule has 1 heterocycles. The lowest BCUT2D eigenvalue weighted by atomic mass is 10.1. The fourth-order valence-corrected chi connectivity index (χ4v) is 5.41. The van der Waals surface area contributed by atoms with Crippen LogP contribution < -0.4 is 4.90 Å². The van der Waals surface area contributed by atoms with Crippen LogP contribution in [0.4, 0.5) is 17.1 Å². The number of aryl methyl sites for hydroxylation is 2. The summed E-state index contributed by atoms with van der Waals surface area (Å²) in [5, 5.41) is 18.0. The summed E-state index contributed by atoms with van der Waals surface area (Å²) in [7, 11) is 0. The van der Waals surface area contributed by atoms with Gasteiger partial charge in [0.25, 0.3) is 0 Å². The molecule has 5 aromatic rings. The molecule has 0 unspecified atom stereocenters. The summed E-state index contributed by atoms with van der Waals surface area (Å²) in [4.78, 5) is 15.8. The molecule has 0 atom stereocenters. The van der Waals surface area contributed by atoms with E-state index in [9.17, 15) is 4.79 Å². The first-order chi connectivity index (χ1) is 19.1. The highest BCUT2D eigenvalue weighted by Gasteiger charge is 2.12. The number of carbonyl (C=O) groups is 1. The van der Waals surface area contributed by atoms with Gasteiger partial charge < -0.3 is 10.0 Å². The van der Waals surface area contributed by atoms with Crippen LogP contribution in [0.5, 0.6) is 0 Å². The average Bonchev–Trinajstić information content (AvgIpc) is 3.46. The van der Waals surface area contributed by atoms with Gasteiger partial charge in [0, 0.05) is 26.8 Å². The number of benzene rings is 4. The van der Waals surface area contributed by atoms with Gasteiger partial charge in [-0.1, -0.05) is 72.8 Å². The monoisotopic (exact) mass is 526 g/mol. The molecule has 0 saturated carbocycles. The van der Waals surface area contributed by atoms with E-state index < -0.39 is 5.97 Å². The Balaban J connectivity index is 1.26. The zero-order valence-electron chi connectivity index (χ0n) is 21.2. The van der Waals surface area contributed by atoms with Gasteiger partial charge in [0.2, 0.25) is 0 Å². The molecule has 0 radical (unpaired) electrons. The van der Waals surface area contributed by atoms with Crippen LogP contribution in [0, 0.1) is 11.3 Å². The Morgan fingerprint density at radius 2 is 1.33 bits per heavy atom. The van der Waals surface area contributed by atoms with Gasteiger partial charge in [-0.05, 0) is 84.1 Å². The summed E-state index contributed by atoms with van der Waals surface area (Å²) in [5.74, 6) is -1.22. The van der Waals surface area contributed by atoms with E-state index in [0.29, 0.717) is 5.56 Å². The largest absolute Gasteiger partial charge is 0.477 e. The van der Waals surface area contributed by atoms with Crippen molar-refractivity contribution in [2.24, 2.45) is 0 Å². The Morgan fingerprint density at radius 1 is 0.744 bits per heavy atom. The minimum absolute atomic E-state index is 0.276. The molecule has 1 aromatic heterocycles. The number of para-hydroxylation sites is 2. The van der Waals surface area contributed by atoms with E-state index in [2.05, 4.69) is 89.8 Å². The van der Waals surface area contributed by atoms with Gasteiger partial charge in [-0.2, -0.15) is 5.26 Å². The van der Waals surface area contributed by atoms with Gasteiger partial charge in [0.05, 0.1) is 0 Å². The lowest BCUT2D eigenvalue weighted by molar-refractivity contribution is -0.132. The topological polar surface area (TPSA) is 64.3 Å². The van der Waals surface area contributed by atoms with Crippen molar-refractivity contribution >= 4 is 40.4 Å². The predicted octanol–water partition coefficient (Wildman–Crippen LogP) is 8.66. The first-order valence-electron chi connectivity index (χ1n) is 12.6. The van der Waals surface area contributed by atoms with Crippen molar-refractivity contribution in [3.8, 4) is 16.5 Å². The van der Waals surface area contributed by atoms with E-state index in [1.54, 1.807) is 17.4 Å². The number of rotatable bonds is 9. The molecule has 5 heteroatoms. The Hall–Kier alpha value is -4.92. The SMILES string of the molecule is N#C/C(=C\c1ccc(-c2ccc(CCc3ccc(N(c4ccccc4)c4ccccc4)cc3)s2)cc1)C(=O)O. The number of hydrogen-bond donors (Lipinski definition) is 1. The maximum atomic E-state index is 11.1. The molecule has 0 saturated heterocycles. The summed E-state index contributed by atoms with van der Waals surface area (Å²) in [6.45, 7) is 0. The number of aliphatic carboxylic acids is 1. The van der Waals surface area contributed by atoms with E-state index >= 15 is 0 Å². The van der Waals surface area contributed by atoms with Crippen LogP contribution >= 0.6 is 11.3 Å². The first kappa shape index (κ1) is 25.7. The molecule has 5 rings (SSSR count). The third-order valence-corrected chi connectivity index (χ3v) is 7.60. The molecule has 39 heavy (non-hydrogen) atoms. The van der Waals surface area contributed by atoms with Gasteiger partial charge in [0.1, 0.15) is 11.6 Å². The molecule has 0 aliphatic rings. The Labute approximate surface area is 232 Å². The Bertz CT molecular complexity index is 1580. The Morgan fingerprint density at radius 3 is 1.90 bits per heavy atom. The van der Waals surface area contributed by atoms with Crippen molar-refractivity contribution in [1.82, 2.24) is 0 Å². The molecule has 190 valence electrons. The zero-order valence-corrected chi connectivity index (χ0v) is 22.0. The number of carboxylic acids is 1. The molecule has 1 N–H and O–H groups in total. The molecular formula is C34H26N2O2S. The highest BCUT2D eigenvalue weighted by Crippen LogP contribution is 2.34. The van der Waals surface area contributed by atoms with Crippen molar-refractivity contribution in [3.05, 3.63) is 143 Å². The minimum Gasteiger partial charge on any atom is -0.477 e. The van der Waals surface area contributed by atoms with E-state index in [4.69, 9.17) is 10.4 Å². The third kappa shape index (κ3) is 6.32. The van der Waals surface area contributed by atoms with Gasteiger partial charge in [-0.15, -0.1) is 11.3 Å². The van der Waals surface area contributed by atoms with Gasteiger partial charge in [-0.3, -0.25) is 0 Å². The Kier molecular flexibility index (Phi) is 7.97. The summed E-state index contributed by atoms with van der Waals surface area (Å²) in [6, 6.07) is 43.2. The molecular weight excluding hydrogens is 500 g/mol. The van der Waals surface area contributed by atoms with E-state index in [1.165, 1.54) is 16.5 Å². The van der Waals surface area contributed by atoms with E-state index in [0.717, 1.165) is 40.3 Å². The maximum Gasteiger partial charge on any atom is 0.346 e. The highest BCUT2D eigenvalue weighted by molar-refractivity contribution is 7.15. The fourth-order valence-electron chi connectivity index (χ4n) is 4.40. The van der Waals surface area contributed by atoms with Crippen LogP contribution in [0.2, 0.25) is 0 Å². The number of nitriles is 1. The predicted molar refractivity (Wildman–Crippen MR) is 160 cm³/mol. The third-order valence-electron chi connectivity index (χ3n) is 6.40. The second kappa shape index (κ2) is 12.1. The molecule has 4 nitrogen and oxygen atoms in total. The fraction of sp³-hybridized carbons (Fsp3) is 0.0588. The van der Waals surface area contributed by atoms with Crippen molar-refractivity contribution in [2.75, 3.05) is 4.90 Å². The van der Waals surface area contributed by atoms with Crippen molar-refractivity contribution in [2.45, 2.75) is 12.8 Å². The average molecular weight is 527 g/mol. The smallest absolute Gasteiger partial charge is 0.346 e. The highest BCUT2D eigenvalue weighted by atomic mass is 32.1. The number of carboxylic acid groups (broad SMARTS) is 1. The van der Waals surface area contributed by atoms with Crippen LogP contribution in [0.3, 0.4) is 0 Å². The maximum absolute atomic E-state index is 11.1. The molecule has 0 aliphatic heterocycles. The number of thiophene rings is 1. The quantitative estimate of drug-likeness (QED) is 0.154. The van der Waals surface area contributed by atoms with Crippen LogP contribution in [-0.2, 0) is 17.6 Å². The second-order valence-electron chi connectivity index (χ2n) is 9.04. The molecule has 0 spiro atoms. The van der Waals surface area contributed by atoms with Crippen LogP contribution in [0.25, 0.3) is 16.5 Å². The van der Waals surface area contributed by atoms with E-state index in [1.807, 2.05) is 36.4 Å². The van der Waals surface area contributed by atoms with Gasteiger partial charge in [0.15, 0.2) is 0 Å². The summed E-state index contributed by atoms with van der Waals surface area (Å²) in [6.07, 6.45) is 3.29. The van der Waals surface area contributed by atoms with Crippen molar-refractivity contribution in [3.63, 3.8) is 0 Å². The summed E-state index contributed by atoms with van der Waals surface area (Å²) < 4.78 is 0. The molecule has 0 fully saturated rings. The van der Waals surface area contributed by atoms with Gasteiger partial charge >= 0.3 is 5.97 Å². The van der Waals surface area contributed by atoms with Crippen LogP contribution in [0.1, 0.15) is 16.0 Å². The summed E-state index contributed by atoms with van der Waals surface area (Å²) >= 11 is 1.77. The molecule has 4 aromatic carbocycles. The van der Waals surface area contributed by atoms with Crippen LogP contribution in [-0.4, -0.2) is 11.1 Å². The van der Waals surface area contributed by atoms with Crippen molar-refractivity contribution in [1.29, 1.82) is 5.26 Å². The molecule has 0 bridgehead atoms. The normalized spacial score (nSPS) is 11.1. The summed E-state index contributed by atoms with van der Waals surface area (Å²) in [5.41, 5.74) is 6.15. The van der Waals surface area contributed by atoms with E-state index in [-0.39, 0.29) is 5.57 Å². The zero-order chi connectivity index (χ0) is 27.0. The number of anilines is 3. The second-order valence-corrected chi connectivity index (χ2v) is 10.2. The first-order valence-corrected chi connectivity index (χ1v) is 13.5. The van der Waals surface area contributed by atoms with Crippen LogP contribution in [0.15, 0.2) is 127 Å². The number of hydrogen-bond acceptors (Lipinski definition) is 4. The lowest BCUT2D eigenvalue weighted by Crippen LogP contribution is -2.09. The number of nitrogens with zero attached hydrogens (tertiary/aromatic N) is 2. The minimum atomic E-state index is -1.22. The van der Waals surface area contributed by atoms with Gasteiger partial charge in [-0.25, -0.2) is 4.79 Å².